The number of hydrogen-bond donors (Lipinski definition) is 1. The molecule has 0 aliphatic heterocycles. The highest BCUT2D eigenvalue weighted by Gasteiger charge is 2.23. The molecule has 0 aliphatic rings. The van der Waals surface area contributed by atoms with Crippen LogP contribution in [0.15, 0.2) is 12.1 Å². The van der Waals surface area contributed by atoms with Gasteiger partial charge in [0.2, 0.25) is 0 Å². The van der Waals surface area contributed by atoms with Gasteiger partial charge in [-0.05, 0) is 38.5 Å². The Morgan fingerprint density at radius 1 is 1.19 bits per heavy atom. The summed E-state index contributed by atoms with van der Waals surface area (Å²) in [5, 5.41) is 3.46. The van der Waals surface area contributed by atoms with Gasteiger partial charge in [-0.3, -0.25) is 4.79 Å². The Morgan fingerprint density at radius 2 is 1.88 bits per heavy atom. The van der Waals surface area contributed by atoms with Crippen molar-refractivity contribution in [2.45, 2.75) is 20.8 Å². The molecule has 2 aromatic rings. The van der Waals surface area contributed by atoms with Crippen LogP contribution in [0.3, 0.4) is 0 Å². The standard InChI is InChI=1S/C18H20ClNO5S/c1-6-25-18(22)14-9(2)10(3)26-17(14)20-16(21)11-7-12(19)15(24-5)13(8-11)23-4/h7-8H,6H2,1-5H3,(H,20,21). The minimum Gasteiger partial charge on any atom is -0.493 e. The molecule has 0 spiro atoms. The molecule has 8 heteroatoms. The first-order valence-corrected chi connectivity index (χ1v) is 9.03. The van der Waals surface area contributed by atoms with E-state index in [-0.39, 0.29) is 17.2 Å². The molecular weight excluding hydrogens is 378 g/mol. The molecule has 1 N–H and O–H groups in total. The first-order valence-electron chi connectivity index (χ1n) is 7.83. The van der Waals surface area contributed by atoms with Crippen molar-refractivity contribution >= 4 is 39.8 Å². The van der Waals surface area contributed by atoms with Gasteiger partial charge in [-0.2, -0.15) is 0 Å². The van der Waals surface area contributed by atoms with Crippen LogP contribution in [0.4, 0.5) is 5.00 Å². The van der Waals surface area contributed by atoms with Gasteiger partial charge in [0.05, 0.1) is 31.4 Å². The highest BCUT2D eigenvalue weighted by atomic mass is 35.5. The lowest BCUT2D eigenvalue weighted by molar-refractivity contribution is 0.0527. The highest BCUT2D eigenvalue weighted by molar-refractivity contribution is 7.16. The Labute approximate surface area is 161 Å². The maximum atomic E-state index is 12.7. The second-order valence-corrected chi connectivity index (χ2v) is 6.99. The van der Waals surface area contributed by atoms with Crippen molar-refractivity contribution in [3.05, 3.63) is 38.7 Å². The summed E-state index contributed by atoms with van der Waals surface area (Å²) in [6.45, 7) is 5.69. The fraction of sp³-hybridized carbons (Fsp3) is 0.333. The summed E-state index contributed by atoms with van der Waals surface area (Å²) in [4.78, 5) is 25.8. The maximum Gasteiger partial charge on any atom is 0.341 e. The van der Waals surface area contributed by atoms with E-state index in [1.54, 1.807) is 6.92 Å². The van der Waals surface area contributed by atoms with E-state index in [4.69, 9.17) is 25.8 Å². The third-order valence-electron chi connectivity index (χ3n) is 3.79. The zero-order chi connectivity index (χ0) is 19.4. The number of carbonyl (C=O) groups excluding carboxylic acids is 2. The molecular formula is C18H20ClNO5S. The first kappa shape index (κ1) is 20.1. The summed E-state index contributed by atoms with van der Waals surface area (Å²) in [7, 11) is 2.92. The van der Waals surface area contributed by atoms with E-state index in [1.165, 1.54) is 37.7 Å². The lowest BCUT2D eigenvalue weighted by Gasteiger charge is -2.12. The van der Waals surface area contributed by atoms with Crippen LogP contribution in [0.5, 0.6) is 11.5 Å². The van der Waals surface area contributed by atoms with Gasteiger partial charge in [0.1, 0.15) is 5.00 Å². The summed E-state index contributed by atoms with van der Waals surface area (Å²) in [5.74, 6) is -0.190. The number of thiophene rings is 1. The van der Waals surface area contributed by atoms with Gasteiger partial charge in [-0.15, -0.1) is 11.3 Å². The normalized spacial score (nSPS) is 10.4. The van der Waals surface area contributed by atoms with Crippen molar-refractivity contribution < 1.29 is 23.8 Å². The molecule has 0 saturated heterocycles. The molecule has 1 amide bonds. The van der Waals surface area contributed by atoms with Gasteiger partial charge in [-0.1, -0.05) is 11.6 Å². The molecule has 26 heavy (non-hydrogen) atoms. The fourth-order valence-corrected chi connectivity index (χ4v) is 3.72. The molecule has 1 aromatic carbocycles. The third kappa shape index (κ3) is 3.94. The zero-order valence-electron chi connectivity index (χ0n) is 15.2. The lowest BCUT2D eigenvalue weighted by Crippen LogP contribution is -2.15. The summed E-state index contributed by atoms with van der Waals surface area (Å²) < 4.78 is 15.5. The van der Waals surface area contributed by atoms with Crippen LogP contribution in [-0.2, 0) is 4.74 Å². The van der Waals surface area contributed by atoms with Gasteiger partial charge in [0.25, 0.3) is 5.91 Å². The number of esters is 1. The van der Waals surface area contributed by atoms with Gasteiger partial charge < -0.3 is 19.5 Å². The van der Waals surface area contributed by atoms with Gasteiger partial charge >= 0.3 is 5.97 Å². The van der Waals surface area contributed by atoms with Crippen LogP contribution in [0.25, 0.3) is 0 Å². The molecule has 0 fully saturated rings. The van der Waals surface area contributed by atoms with Crippen LogP contribution < -0.4 is 14.8 Å². The van der Waals surface area contributed by atoms with E-state index >= 15 is 0 Å². The average molecular weight is 398 g/mol. The number of amides is 1. The monoisotopic (exact) mass is 397 g/mol. The Bertz CT molecular complexity index is 847. The van der Waals surface area contributed by atoms with Crippen molar-refractivity contribution in [1.29, 1.82) is 0 Å². The number of aryl methyl sites for hydroxylation is 1. The van der Waals surface area contributed by atoms with E-state index < -0.39 is 11.9 Å². The topological polar surface area (TPSA) is 73.9 Å². The summed E-state index contributed by atoms with van der Waals surface area (Å²) in [6.07, 6.45) is 0. The minimum absolute atomic E-state index is 0.251. The van der Waals surface area contributed by atoms with E-state index in [1.807, 2.05) is 13.8 Å². The zero-order valence-corrected chi connectivity index (χ0v) is 16.8. The van der Waals surface area contributed by atoms with Crippen LogP contribution >= 0.6 is 22.9 Å². The molecule has 1 heterocycles. The van der Waals surface area contributed by atoms with Crippen LogP contribution in [0.2, 0.25) is 5.02 Å². The molecule has 0 saturated carbocycles. The molecule has 0 radical (unpaired) electrons. The third-order valence-corrected chi connectivity index (χ3v) is 5.19. The van der Waals surface area contributed by atoms with E-state index in [0.717, 1.165) is 10.4 Å². The van der Waals surface area contributed by atoms with Crippen LogP contribution in [0.1, 0.15) is 38.1 Å². The highest BCUT2D eigenvalue weighted by Crippen LogP contribution is 2.37. The number of benzene rings is 1. The quantitative estimate of drug-likeness (QED) is 0.728. The number of hydrogen-bond acceptors (Lipinski definition) is 6. The second kappa shape index (κ2) is 8.42. The number of carbonyl (C=O) groups is 2. The molecule has 0 bridgehead atoms. The Morgan fingerprint density at radius 3 is 2.46 bits per heavy atom. The van der Waals surface area contributed by atoms with Crippen molar-refractivity contribution in [2.75, 3.05) is 26.1 Å². The van der Waals surface area contributed by atoms with Crippen LogP contribution in [-0.4, -0.2) is 32.7 Å². The molecule has 1 aromatic heterocycles. The number of methoxy groups -OCH3 is 2. The number of halogens is 1. The fourth-order valence-electron chi connectivity index (χ4n) is 2.39. The minimum atomic E-state index is -0.463. The Kier molecular flexibility index (Phi) is 6.50. The van der Waals surface area contributed by atoms with Gasteiger partial charge in [0.15, 0.2) is 11.5 Å². The van der Waals surface area contributed by atoms with E-state index in [0.29, 0.717) is 22.1 Å². The van der Waals surface area contributed by atoms with Gasteiger partial charge in [-0.25, -0.2) is 4.79 Å². The van der Waals surface area contributed by atoms with Crippen molar-refractivity contribution in [1.82, 2.24) is 0 Å². The maximum absolute atomic E-state index is 12.7. The molecule has 0 atom stereocenters. The largest absolute Gasteiger partial charge is 0.493 e. The van der Waals surface area contributed by atoms with Crippen molar-refractivity contribution in [3.8, 4) is 11.5 Å². The van der Waals surface area contributed by atoms with Crippen molar-refractivity contribution in [2.24, 2.45) is 0 Å². The average Bonchev–Trinajstić information content (AvgIpc) is 2.88. The Hall–Kier alpha value is -2.25. The molecule has 140 valence electrons. The number of anilines is 1. The van der Waals surface area contributed by atoms with E-state index in [9.17, 15) is 9.59 Å². The summed E-state index contributed by atoms with van der Waals surface area (Å²) >= 11 is 7.47. The number of ether oxygens (including phenoxy) is 3. The number of nitrogens with one attached hydrogen (secondary N) is 1. The molecule has 0 unspecified atom stereocenters. The van der Waals surface area contributed by atoms with Crippen molar-refractivity contribution in [3.63, 3.8) is 0 Å². The number of rotatable bonds is 6. The van der Waals surface area contributed by atoms with Gasteiger partial charge in [0, 0.05) is 10.4 Å². The predicted molar refractivity (Wildman–Crippen MR) is 102 cm³/mol. The molecule has 2 rings (SSSR count). The second-order valence-electron chi connectivity index (χ2n) is 5.36. The lowest BCUT2D eigenvalue weighted by atomic mass is 10.1. The summed E-state index contributed by atoms with van der Waals surface area (Å²) in [5.41, 5.74) is 1.44. The van der Waals surface area contributed by atoms with E-state index in [2.05, 4.69) is 5.32 Å². The first-order chi connectivity index (χ1) is 12.3. The smallest absolute Gasteiger partial charge is 0.341 e. The molecule has 0 aliphatic carbocycles. The SMILES string of the molecule is CCOC(=O)c1c(NC(=O)c2cc(Cl)c(OC)c(OC)c2)sc(C)c1C. The summed E-state index contributed by atoms with van der Waals surface area (Å²) in [6, 6.07) is 3.01. The predicted octanol–water partition coefficient (Wildman–Crippen LogP) is 4.46. The Balaban J connectivity index is 2.38. The van der Waals surface area contributed by atoms with Crippen LogP contribution in [0, 0.1) is 13.8 Å². The molecule has 6 nitrogen and oxygen atoms in total.